The van der Waals surface area contributed by atoms with Crippen molar-refractivity contribution in [2.24, 2.45) is 0 Å². The van der Waals surface area contributed by atoms with E-state index in [0.717, 1.165) is 4.80 Å². The summed E-state index contributed by atoms with van der Waals surface area (Å²) in [5, 5.41) is 10.2. The lowest BCUT2D eigenvalue weighted by atomic mass is 10.3. The molecule has 0 bridgehead atoms. The second kappa shape index (κ2) is 7.37. The molecule has 2 rings (SSSR count). The average molecular weight is 416 g/mol. The Hall–Kier alpha value is -1.19. The topological polar surface area (TPSA) is 127 Å². The zero-order valence-corrected chi connectivity index (χ0v) is 15.0. The first-order chi connectivity index (χ1) is 11.1. The fourth-order valence-electron chi connectivity index (χ4n) is 1.62. The van der Waals surface area contributed by atoms with E-state index in [4.69, 9.17) is 44.6 Å². The molecule has 0 saturated heterocycles. The first-order valence-electron chi connectivity index (χ1n) is 6.19. The van der Waals surface area contributed by atoms with Gasteiger partial charge in [-0.05, 0) is 25.1 Å². The van der Waals surface area contributed by atoms with Crippen molar-refractivity contribution >= 4 is 54.2 Å². The van der Waals surface area contributed by atoms with Gasteiger partial charge in [0.1, 0.15) is 0 Å². The van der Waals surface area contributed by atoms with Crippen molar-refractivity contribution in [3.05, 3.63) is 39.1 Å². The molecule has 0 fully saturated rings. The van der Waals surface area contributed by atoms with Gasteiger partial charge in [0.2, 0.25) is 0 Å². The number of nitrogens with one attached hydrogen (secondary N) is 1. The molecule has 24 heavy (non-hydrogen) atoms. The van der Waals surface area contributed by atoms with Crippen LogP contribution >= 0.6 is 42.6 Å². The SMILES string of the molecule is CC(OP(=O)(O)O)n1nc(Cl)c(C(=O)Nc2ccc(Cl)cc2Cl)n1. The van der Waals surface area contributed by atoms with E-state index in [1.54, 1.807) is 0 Å². The number of anilines is 1. The maximum Gasteiger partial charge on any atom is 0.471 e. The van der Waals surface area contributed by atoms with E-state index in [9.17, 15) is 9.36 Å². The molecule has 0 radical (unpaired) electrons. The predicted molar refractivity (Wildman–Crippen MR) is 87.3 cm³/mol. The fourth-order valence-corrected chi connectivity index (χ4v) is 2.76. The number of nitrogens with zero attached hydrogens (tertiary/aromatic N) is 3. The smallest absolute Gasteiger partial charge is 0.319 e. The highest BCUT2D eigenvalue weighted by molar-refractivity contribution is 7.46. The van der Waals surface area contributed by atoms with Gasteiger partial charge in [-0.15, -0.1) is 10.2 Å². The molecule has 1 unspecified atom stereocenters. The van der Waals surface area contributed by atoms with Gasteiger partial charge < -0.3 is 15.1 Å². The summed E-state index contributed by atoms with van der Waals surface area (Å²) in [6.07, 6.45) is -1.25. The Morgan fingerprint density at radius 1 is 1.33 bits per heavy atom. The Morgan fingerprint density at radius 3 is 2.58 bits per heavy atom. The van der Waals surface area contributed by atoms with Gasteiger partial charge in [0.25, 0.3) is 5.91 Å². The number of amides is 1. The van der Waals surface area contributed by atoms with Crippen LogP contribution in [0, 0.1) is 0 Å². The molecule has 0 aliphatic carbocycles. The maximum atomic E-state index is 12.2. The molecule has 0 saturated carbocycles. The minimum atomic E-state index is -4.76. The van der Waals surface area contributed by atoms with Crippen LogP contribution < -0.4 is 5.32 Å². The molecular formula is C11H10Cl3N4O5P. The maximum absolute atomic E-state index is 12.2. The number of phosphoric ester groups is 1. The Balaban J connectivity index is 2.20. The number of halogens is 3. The van der Waals surface area contributed by atoms with Gasteiger partial charge >= 0.3 is 7.82 Å². The highest BCUT2D eigenvalue weighted by Crippen LogP contribution is 2.40. The second-order valence-electron chi connectivity index (χ2n) is 4.43. The van der Waals surface area contributed by atoms with Crippen LogP contribution in [-0.4, -0.2) is 30.7 Å². The van der Waals surface area contributed by atoms with E-state index in [2.05, 4.69) is 20.0 Å². The molecule has 0 aliphatic heterocycles. The van der Waals surface area contributed by atoms with Gasteiger partial charge in [0.05, 0.1) is 10.7 Å². The van der Waals surface area contributed by atoms with Crippen LogP contribution in [0.2, 0.25) is 15.2 Å². The monoisotopic (exact) mass is 414 g/mol. The molecule has 0 aliphatic rings. The van der Waals surface area contributed by atoms with Crippen LogP contribution in [0.25, 0.3) is 0 Å². The summed E-state index contributed by atoms with van der Waals surface area (Å²) in [6.45, 7) is 1.27. The molecule has 1 aromatic heterocycles. The second-order valence-corrected chi connectivity index (χ2v) is 6.83. The third-order valence-corrected chi connectivity index (χ3v) is 3.98. The van der Waals surface area contributed by atoms with E-state index in [-0.39, 0.29) is 21.6 Å². The van der Waals surface area contributed by atoms with Crippen molar-refractivity contribution in [3.8, 4) is 0 Å². The van der Waals surface area contributed by atoms with Gasteiger partial charge in [0, 0.05) is 5.02 Å². The summed E-state index contributed by atoms with van der Waals surface area (Å²) in [6, 6.07) is 4.45. The lowest BCUT2D eigenvalue weighted by molar-refractivity contribution is 0.0764. The van der Waals surface area contributed by atoms with E-state index in [1.807, 2.05) is 0 Å². The first kappa shape index (κ1) is 19.1. The third kappa shape index (κ3) is 4.90. The summed E-state index contributed by atoms with van der Waals surface area (Å²) in [7, 11) is -4.76. The zero-order valence-electron chi connectivity index (χ0n) is 11.9. The number of hydrogen-bond acceptors (Lipinski definition) is 5. The number of aromatic nitrogens is 3. The van der Waals surface area contributed by atoms with Crippen LogP contribution in [0.3, 0.4) is 0 Å². The zero-order chi connectivity index (χ0) is 18.1. The van der Waals surface area contributed by atoms with Crippen LogP contribution in [0.5, 0.6) is 0 Å². The quantitative estimate of drug-likeness (QED) is 0.640. The molecular weight excluding hydrogens is 405 g/mol. The van der Waals surface area contributed by atoms with Crippen LogP contribution in [0.15, 0.2) is 18.2 Å². The van der Waals surface area contributed by atoms with Gasteiger partial charge in [-0.1, -0.05) is 34.8 Å². The Morgan fingerprint density at radius 2 is 2.00 bits per heavy atom. The predicted octanol–water partition coefficient (Wildman–Crippen LogP) is 3.12. The van der Waals surface area contributed by atoms with Crippen molar-refractivity contribution in [1.29, 1.82) is 0 Å². The molecule has 1 heterocycles. The van der Waals surface area contributed by atoms with Crippen LogP contribution in [0.1, 0.15) is 23.6 Å². The van der Waals surface area contributed by atoms with Gasteiger partial charge in [0.15, 0.2) is 17.1 Å². The van der Waals surface area contributed by atoms with Crippen molar-refractivity contribution in [3.63, 3.8) is 0 Å². The molecule has 1 atom stereocenters. The van der Waals surface area contributed by atoms with E-state index in [1.165, 1.54) is 25.1 Å². The summed E-state index contributed by atoms with van der Waals surface area (Å²) in [5.41, 5.74) is 0.0000412. The molecule has 1 amide bonds. The summed E-state index contributed by atoms with van der Waals surface area (Å²) < 4.78 is 15.2. The number of carbonyl (C=O) groups excluding carboxylic acids is 1. The average Bonchev–Trinajstić information content (AvgIpc) is 2.82. The number of benzene rings is 1. The summed E-state index contributed by atoms with van der Waals surface area (Å²) in [5.74, 6) is -0.723. The largest absolute Gasteiger partial charge is 0.471 e. The lowest BCUT2D eigenvalue weighted by Gasteiger charge is -2.11. The van der Waals surface area contributed by atoms with Gasteiger partial charge in [-0.25, -0.2) is 4.57 Å². The minimum absolute atomic E-state index is 0.206. The van der Waals surface area contributed by atoms with E-state index >= 15 is 0 Å². The lowest BCUT2D eigenvalue weighted by Crippen LogP contribution is -2.16. The standard InChI is InChI=1S/C11H10Cl3N4O5P/c1-5(23-24(20,21)22)18-16-9(10(14)17-18)11(19)15-8-3-2-6(12)4-7(8)13/h2-5H,1H3,(H,15,19)(H2,20,21,22). The number of hydrogen-bond donors (Lipinski definition) is 3. The molecule has 130 valence electrons. The summed E-state index contributed by atoms with van der Waals surface area (Å²) >= 11 is 17.5. The number of carbonyl (C=O) groups is 1. The van der Waals surface area contributed by atoms with Gasteiger partial charge in [-0.3, -0.25) is 9.32 Å². The van der Waals surface area contributed by atoms with E-state index < -0.39 is 20.0 Å². The Bertz CT molecular complexity index is 824. The molecule has 1 aromatic carbocycles. The first-order valence-corrected chi connectivity index (χ1v) is 8.86. The fraction of sp³-hybridized carbons (Fsp3) is 0.182. The summed E-state index contributed by atoms with van der Waals surface area (Å²) in [4.78, 5) is 30.5. The van der Waals surface area contributed by atoms with Crippen molar-refractivity contribution in [2.45, 2.75) is 13.2 Å². The van der Waals surface area contributed by atoms with Crippen LogP contribution in [0.4, 0.5) is 5.69 Å². The van der Waals surface area contributed by atoms with Crippen LogP contribution in [-0.2, 0) is 9.09 Å². The molecule has 9 nitrogen and oxygen atoms in total. The van der Waals surface area contributed by atoms with Crippen molar-refractivity contribution < 1.29 is 23.7 Å². The van der Waals surface area contributed by atoms with Crippen molar-refractivity contribution in [2.75, 3.05) is 5.32 Å². The molecule has 2 aromatic rings. The normalized spacial score (nSPS) is 12.9. The Labute approximate surface area is 150 Å². The number of rotatable bonds is 5. The minimum Gasteiger partial charge on any atom is -0.319 e. The third-order valence-electron chi connectivity index (χ3n) is 2.60. The highest BCUT2D eigenvalue weighted by Gasteiger charge is 2.25. The van der Waals surface area contributed by atoms with Gasteiger partial charge in [-0.2, -0.15) is 4.80 Å². The Kier molecular flexibility index (Phi) is 5.87. The highest BCUT2D eigenvalue weighted by atomic mass is 35.5. The molecule has 13 heteroatoms. The van der Waals surface area contributed by atoms with E-state index in [0.29, 0.717) is 5.02 Å². The molecule has 0 spiro atoms. The number of phosphoric acid groups is 1. The van der Waals surface area contributed by atoms with Crippen molar-refractivity contribution in [1.82, 2.24) is 15.0 Å². The molecule has 3 N–H and O–H groups in total.